The molecule has 2 aliphatic heterocycles. The van der Waals surface area contributed by atoms with Gasteiger partial charge in [-0.2, -0.15) is 0 Å². The Labute approximate surface area is 171 Å². The summed E-state index contributed by atoms with van der Waals surface area (Å²) in [5, 5.41) is 0. The van der Waals surface area contributed by atoms with Crippen molar-refractivity contribution in [1.29, 1.82) is 0 Å². The Morgan fingerprint density at radius 2 is 1.83 bits per heavy atom. The summed E-state index contributed by atoms with van der Waals surface area (Å²) in [6.45, 7) is 5.29. The third kappa shape index (κ3) is 4.12. The molecule has 2 aromatic rings. The van der Waals surface area contributed by atoms with E-state index < -0.39 is 10.0 Å². The van der Waals surface area contributed by atoms with Crippen LogP contribution in [0.3, 0.4) is 0 Å². The van der Waals surface area contributed by atoms with Crippen LogP contribution in [-0.4, -0.2) is 57.8 Å². The van der Waals surface area contributed by atoms with E-state index in [9.17, 15) is 13.2 Å². The fourth-order valence-corrected chi connectivity index (χ4v) is 4.96. The summed E-state index contributed by atoms with van der Waals surface area (Å²) in [6, 6.07) is 15.1. The molecule has 0 saturated carbocycles. The van der Waals surface area contributed by atoms with Crippen molar-refractivity contribution < 1.29 is 13.2 Å². The number of sulfonamides is 1. The summed E-state index contributed by atoms with van der Waals surface area (Å²) in [5.41, 5.74) is 2.98. The molecule has 0 bridgehead atoms. The highest BCUT2D eigenvalue weighted by Crippen LogP contribution is 2.22. The number of amidine groups is 1. The van der Waals surface area contributed by atoms with Crippen molar-refractivity contribution in [2.75, 3.05) is 37.6 Å². The highest BCUT2D eigenvalue weighted by Gasteiger charge is 2.30. The Kier molecular flexibility index (Phi) is 5.27. The first-order valence-electron chi connectivity index (χ1n) is 9.70. The molecule has 1 saturated heterocycles. The average molecular weight is 413 g/mol. The van der Waals surface area contributed by atoms with Crippen LogP contribution in [-0.2, 0) is 14.8 Å². The summed E-state index contributed by atoms with van der Waals surface area (Å²) < 4.78 is 26.7. The van der Waals surface area contributed by atoms with Crippen LogP contribution in [0, 0.1) is 6.92 Å². The number of amides is 1. The summed E-state index contributed by atoms with van der Waals surface area (Å²) >= 11 is 0. The number of hydrogen-bond acceptors (Lipinski definition) is 5. The van der Waals surface area contributed by atoms with Crippen LogP contribution in [0.4, 0.5) is 5.69 Å². The lowest BCUT2D eigenvalue weighted by atomic mass is 10.2. The zero-order chi connectivity index (χ0) is 20.4. The molecule has 0 spiro atoms. The van der Waals surface area contributed by atoms with Crippen molar-refractivity contribution in [2.45, 2.75) is 18.2 Å². The van der Waals surface area contributed by atoms with Gasteiger partial charge in [0, 0.05) is 43.9 Å². The molecule has 0 aromatic heterocycles. The molecule has 0 unspecified atom stereocenters. The van der Waals surface area contributed by atoms with Crippen LogP contribution < -0.4 is 9.62 Å². The maximum absolute atomic E-state index is 12.5. The molecular formula is C21H24N4O3S. The predicted molar refractivity (Wildman–Crippen MR) is 113 cm³/mol. The molecule has 29 heavy (non-hydrogen) atoms. The molecule has 1 fully saturated rings. The molecule has 0 aliphatic carbocycles. The molecule has 2 aliphatic rings. The van der Waals surface area contributed by atoms with Gasteiger partial charge in [0.05, 0.1) is 11.4 Å². The lowest BCUT2D eigenvalue weighted by molar-refractivity contribution is -0.131. The number of anilines is 1. The van der Waals surface area contributed by atoms with E-state index in [1.165, 1.54) is 11.3 Å². The van der Waals surface area contributed by atoms with Gasteiger partial charge in [-0.1, -0.05) is 24.3 Å². The largest absolute Gasteiger partial charge is 0.368 e. The second-order valence-electron chi connectivity index (χ2n) is 7.29. The van der Waals surface area contributed by atoms with Gasteiger partial charge in [-0.05, 0) is 36.8 Å². The first kappa shape index (κ1) is 19.4. The molecule has 152 valence electrons. The smallest absolute Gasteiger partial charge is 0.263 e. The van der Waals surface area contributed by atoms with Crippen molar-refractivity contribution in [1.82, 2.24) is 9.62 Å². The molecule has 1 amide bonds. The SMILES string of the molecule is Cc1cccc(N2CCN(C(=O)CCN=C3NS(=O)(=O)c4ccccc43)CC2)c1. The Bertz CT molecular complexity index is 1060. The summed E-state index contributed by atoms with van der Waals surface area (Å²) in [6.07, 6.45) is 0.262. The minimum Gasteiger partial charge on any atom is -0.368 e. The lowest BCUT2D eigenvalue weighted by Crippen LogP contribution is -2.48. The molecule has 2 aromatic carbocycles. The van der Waals surface area contributed by atoms with Crippen LogP contribution in [0.5, 0.6) is 0 Å². The summed E-state index contributed by atoms with van der Waals surface area (Å²) in [4.78, 5) is 21.3. The van der Waals surface area contributed by atoms with Crippen molar-refractivity contribution in [2.24, 2.45) is 4.99 Å². The zero-order valence-corrected chi connectivity index (χ0v) is 17.2. The van der Waals surface area contributed by atoms with Gasteiger partial charge in [-0.3, -0.25) is 14.5 Å². The van der Waals surface area contributed by atoms with Crippen LogP contribution in [0.2, 0.25) is 0 Å². The van der Waals surface area contributed by atoms with E-state index in [2.05, 4.69) is 45.8 Å². The molecular weight excluding hydrogens is 388 g/mol. The van der Waals surface area contributed by atoms with Crippen LogP contribution >= 0.6 is 0 Å². The zero-order valence-electron chi connectivity index (χ0n) is 16.3. The average Bonchev–Trinajstić information content (AvgIpc) is 2.98. The second kappa shape index (κ2) is 7.87. The maximum Gasteiger partial charge on any atom is 0.263 e. The minimum atomic E-state index is -3.54. The number of piperazine rings is 1. The van der Waals surface area contributed by atoms with Crippen molar-refractivity contribution >= 4 is 27.5 Å². The number of rotatable bonds is 4. The molecule has 0 atom stereocenters. The minimum absolute atomic E-state index is 0.0485. The van der Waals surface area contributed by atoms with E-state index in [0.29, 0.717) is 24.5 Å². The Morgan fingerprint density at radius 1 is 1.07 bits per heavy atom. The maximum atomic E-state index is 12.5. The van der Waals surface area contributed by atoms with Gasteiger partial charge in [-0.15, -0.1) is 0 Å². The number of nitrogens with zero attached hydrogens (tertiary/aromatic N) is 3. The molecule has 0 radical (unpaired) electrons. The third-order valence-electron chi connectivity index (χ3n) is 5.26. The van der Waals surface area contributed by atoms with Crippen molar-refractivity contribution in [3.8, 4) is 0 Å². The fourth-order valence-electron chi connectivity index (χ4n) is 3.71. The van der Waals surface area contributed by atoms with Crippen LogP contribution in [0.25, 0.3) is 0 Å². The standard InChI is InChI=1S/C21H24N4O3S/c1-16-5-4-6-17(15-16)24-11-13-25(14-12-24)20(26)9-10-22-21-18-7-2-3-8-19(18)29(27,28)23-21/h2-8,15H,9-14H2,1H3,(H,22,23). The second-order valence-corrected chi connectivity index (χ2v) is 8.94. The number of carbonyl (C=O) groups excluding carboxylic acids is 1. The van der Waals surface area contributed by atoms with Crippen LogP contribution in [0.1, 0.15) is 17.5 Å². The number of hydrogen-bond donors (Lipinski definition) is 1. The van der Waals surface area contributed by atoms with E-state index in [1.807, 2.05) is 4.90 Å². The van der Waals surface area contributed by atoms with E-state index in [0.717, 1.165) is 13.1 Å². The quantitative estimate of drug-likeness (QED) is 0.830. The van der Waals surface area contributed by atoms with Crippen molar-refractivity contribution in [3.63, 3.8) is 0 Å². The lowest BCUT2D eigenvalue weighted by Gasteiger charge is -2.36. The first-order valence-corrected chi connectivity index (χ1v) is 11.2. The Morgan fingerprint density at radius 3 is 2.59 bits per heavy atom. The van der Waals surface area contributed by atoms with Gasteiger partial charge in [0.15, 0.2) is 0 Å². The summed E-state index contributed by atoms with van der Waals surface area (Å²) in [7, 11) is -3.54. The highest BCUT2D eigenvalue weighted by atomic mass is 32.2. The summed E-state index contributed by atoms with van der Waals surface area (Å²) in [5.74, 6) is 0.366. The first-order chi connectivity index (χ1) is 13.9. The molecule has 7 nitrogen and oxygen atoms in total. The number of nitrogens with one attached hydrogen (secondary N) is 1. The topological polar surface area (TPSA) is 82.1 Å². The van der Waals surface area contributed by atoms with E-state index in [1.54, 1.807) is 24.3 Å². The molecule has 2 heterocycles. The molecule has 4 rings (SSSR count). The normalized spacial score (nSPS) is 19.1. The van der Waals surface area contributed by atoms with E-state index >= 15 is 0 Å². The number of aryl methyl sites for hydroxylation is 1. The van der Waals surface area contributed by atoms with E-state index in [4.69, 9.17) is 0 Å². The Balaban J connectivity index is 1.32. The van der Waals surface area contributed by atoms with Crippen molar-refractivity contribution in [3.05, 3.63) is 59.7 Å². The monoisotopic (exact) mass is 412 g/mol. The number of aliphatic imine (C=N–C) groups is 1. The molecule has 1 N–H and O–H groups in total. The number of benzene rings is 2. The predicted octanol–water partition coefficient (Wildman–Crippen LogP) is 1.77. The van der Waals surface area contributed by atoms with Gasteiger partial charge >= 0.3 is 0 Å². The van der Waals surface area contributed by atoms with Gasteiger partial charge in [0.1, 0.15) is 5.84 Å². The molecule has 8 heteroatoms. The van der Waals surface area contributed by atoms with Gasteiger partial charge in [0.25, 0.3) is 10.0 Å². The van der Waals surface area contributed by atoms with Gasteiger partial charge in [-0.25, -0.2) is 8.42 Å². The van der Waals surface area contributed by atoms with E-state index in [-0.39, 0.29) is 23.8 Å². The Hall–Kier alpha value is -2.87. The van der Waals surface area contributed by atoms with Gasteiger partial charge in [0.2, 0.25) is 5.91 Å². The van der Waals surface area contributed by atoms with Crippen LogP contribution in [0.15, 0.2) is 58.4 Å². The number of carbonyl (C=O) groups is 1. The highest BCUT2D eigenvalue weighted by molar-refractivity contribution is 7.90. The number of fused-ring (bicyclic) bond motifs is 1. The third-order valence-corrected chi connectivity index (χ3v) is 6.65. The fraction of sp³-hybridized carbons (Fsp3) is 0.333. The van der Waals surface area contributed by atoms with Gasteiger partial charge < -0.3 is 9.80 Å².